The number of amides is 1. The van der Waals surface area contributed by atoms with E-state index in [0.29, 0.717) is 25.9 Å². The van der Waals surface area contributed by atoms with Crippen molar-refractivity contribution in [3.63, 3.8) is 0 Å². The van der Waals surface area contributed by atoms with Crippen LogP contribution in [0.3, 0.4) is 0 Å². The predicted molar refractivity (Wildman–Crippen MR) is 250 cm³/mol. The molecule has 0 bridgehead atoms. The van der Waals surface area contributed by atoms with E-state index < -0.39 is 49.5 Å². The topological polar surface area (TPSA) is 175 Å². The standard InChI is InChI=1S/C51H89NO10/c1-3-5-7-9-11-13-14-15-16-19-23-27-31-35-39-47(56)60-40-36-32-28-24-20-17-18-22-26-30-34-38-46(55)52-43(44(54)37-33-29-25-21-12-10-8-6-4-2)42-61-51-50(59)49(58)48(57)45(41-53)62-51/h4,6,12,14-15,20-21,24,33,37,43-45,48-51,53-54,57-59H,3,5,7-11,13,16-19,22-23,25-32,34-36,38-42H2,1-2H3,(H,52,55)/b6-4+,15-14-,21-12+,24-20-,37-33+. The summed E-state index contributed by atoms with van der Waals surface area (Å²) in [5.74, 6) is -0.301. The first-order valence-electron chi connectivity index (χ1n) is 24.5. The lowest BCUT2D eigenvalue weighted by molar-refractivity contribution is -0.302. The van der Waals surface area contributed by atoms with E-state index in [1.165, 1.54) is 64.2 Å². The molecule has 1 heterocycles. The molecule has 0 aromatic rings. The molecule has 358 valence electrons. The molecule has 0 aromatic carbocycles. The van der Waals surface area contributed by atoms with Crippen molar-refractivity contribution < 1.29 is 49.3 Å². The van der Waals surface area contributed by atoms with Crippen molar-refractivity contribution in [3.05, 3.63) is 60.8 Å². The maximum Gasteiger partial charge on any atom is 0.305 e. The third kappa shape index (κ3) is 31.2. The summed E-state index contributed by atoms with van der Waals surface area (Å²) in [6, 6.07) is -0.855. The molecule has 1 fully saturated rings. The number of carbonyl (C=O) groups excluding carboxylic acids is 2. The number of esters is 1. The minimum atomic E-state index is -1.59. The highest BCUT2D eigenvalue weighted by molar-refractivity contribution is 5.76. The van der Waals surface area contributed by atoms with Crippen LogP contribution >= 0.6 is 0 Å². The molecule has 11 nitrogen and oxygen atoms in total. The van der Waals surface area contributed by atoms with Crippen molar-refractivity contribution >= 4 is 11.9 Å². The summed E-state index contributed by atoms with van der Waals surface area (Å²) in [4.78, 5) is 25.0. The van der Waals surface area contributed by atoms with E-state index in [4.69, 9.17) is 14.2 Å². The van der Waals surface area contributed by atoms with E-state index in [1.54, 1.807) is 6.08 Å². The lowest BCUT2D eigenvalue weighted by Crippen LogP contribution is -2.60. The average Bonchev–Trinajstić information content (AvgIpc) is 3.27. The Balaban J connectivity index is 2.19. The first kappa shape index (κ1) is 57.4. The molecule has 0 spiro atoms. The van der Waals surface area contributed by atoms with Crippen LogP contribution in [0.2, 0.25) is 0 Å². The molecule has 0 radical (unpaired) electrons. The van der Waals surface area contributed by atoms with Gasteiger partial charge in [0.05, 0.1) is 32.0 Å². The Kier molecular flexibility index (Phi) is 38.0. The number of nitrogens with one attached hydrogen (secondary N) is 1. The highest BCUT2D eigenvalue weighted by Gasteiger charge is 2.44. The van der Waals surface area contributed by atoms with Gasteiger partial charge < -0.3 is 45.1 Å². The Hall–Kier alpha value is -2.64. The molecule has 1 aliphatic rings. The van der Waals surface area contributed by atoms with Gasteiger partial charge in [-0.3, -0.25) is 9.59 Å². The quantitative estimate of drug-likeness (QED) is 0.0198. The summed E-state index contributed by atoms with van der Waals surface area (Å²) in [6.45, 7) is 3.93. The van der Waals surface area contributed by atoms with Gasteiger partial charge in [-0.25, -0.2) is 0 Å². The molecular weight excluding hydrogens is 787 g/mol. The fourth-order valence-electron chi connectivity index (χ4n) is 7.16. The van der Waals surface area contributed by atoms with E-state index in [2.05, 4.69) is 54.8 Å². The molecule has 0 aromatic heterocycles. The summed E-state index contributed by atoms with van der Waals surface area (Å²) in [6.07, 6.45) is 40.4. The van der Waals surface area contributed by atoms with Crippen LogP contribution in [0.25, 0.3) is 0 Å². The smallest absolute Gasteiger partial charge is 0.305 e. The first-order valence-corrected chi connectivity index (χ1v) is 24.5. The van der Waals surface area contributed by atoms with E-state index in [-0.39, 0.29) is 24.9 Å². The lowest BCUT2D eigenvalue weighted by atomic mass is 9.99. The van der Waals surface area contributed by atoms with Gasteiger partial charge in [-0.15, -0.1) is 0 Å². The van der Waals surface area contributed by atoms with Crippen LogP contribution in [0.5, 0.6) is 0 Å². The number of allylic oxidation sites excluding steroid dienone is 9. The Morgan fingerprint density at radius 2 is 1.11 bits per heavy atom. The second kappa shape index (κ2) is 41.1. The molecule has 1 amide bonds. The molecule has 7 unspecified atom stereocenters. The number of aliphatic hydroxyl groups is 5. The van der Waals surface area contributed by atoms with Crippen molar-refractivity contribution in [1.29, 1.82) is 0 Å². The van der Waals surface area contributed by atoms with Gasteiger partial charge in [0.15, 0.2) is 6.29 Å². The number of rotatable bonds is 40. The Labute approximate surface area is 376 Å². The lowest BCUT2D eigenvalue weighted by Gasteiger charge is -2.40. The van der Waals surface area contributed by atoms with Crippen molar-refractivity contribution in [2.45, 2.75) is 230 Å². The van der Waals surface area contributed by atoms with Gasteiger partial charge in [0.2, 0.25) is 5.91 Å². The zero-order valence-corrected chi connectivity index (χ0v) is 38.8. The van der Waals surface area contributed by atoms with Gasteiger partial charge in [0.1, 0.15) is 24.4 Å². The van der Waals surface area contributed by atoms with Gasteiger partial charge in [0, 0.05) is 12.8 Å². The van der Waals surface area contributed by atoms with Crippen molar-refractivity contribution in [2.24, 2.45) is 0 Å². The number of unbranched alkanes of at least 4 members (excludes halogenated alkanes) is 19. The molecule has 1 aliphatic heterocycles. The zero-order chi connectivity index (χ0) is 45.3. The number of carbonyl (C=O) groups is 2. The number of hydrogen-bond donors (Lipinski definition) is 6. The van der Waals surface area contributed by atoms with Crippen LogP contribution in [0.4, 0.5) is 0 Å². The Bertz CT molecular complexity index is 1220. The summed E-state index contributed by atoms with van der Waals surface area (Å²) in [5, 5.41) is 53.9. The van der Waals surface area contributed by atoms with Crippen LogP contribution in [-0.2, 0) is 23.8 Å². The molecule has 11 heteroatoms. The maximum atomic E-state index is 12.9. The SMILES string of the molecule is C/C=C/CC/C=C/CC/C=C/C(O)C(COC1OC(CO)C(O)C(O)C1O)NC(=O)CCCCCCC/C=C\CCCCOC(=O)CCCCCCC/C=C\CCCCCCC. The average molecular weight is 876 g/mol. The molecular formula is C51H89NO10. The van der Waals surface area contributed by atoms with Crippen LogP contribution in [0.1, 0.15) is 187 Å². The van der Waals surface area contributed by atoms with Gasteiger partial charge >= 0.3 is 5.97 Å². The fraction of sp³-hybridized carbons (Fsp3) is 0.765. The number of hydrogen-bond acceptors (Lipinski definition) is 10. The molecule has 1 rings (SSSR count). The van der Waals surface area contributed by atoms with E-state index in [1.807, 2.05) is 19.1 Å². The Morgan fingerprint density at radius 1 is 0.613 bits per heavy atom. The summed E-state index contributed by atoms with van der Waals surface area (Å²) >= 11 is 0. The van der Waals surface area contributed by atoms with Crippen molar-refractivity contribution in [2.75, 3.05) is 19.8 Å². The minimum absolute atomic E-state index is 0.0698. The third-order valence-electron chi connectivity index (χ3n) is 11.1. The van der Waals surface area contributed by atoms with Gasteiger partial charge in [0.25, 0.3) is 0 Å². The largest absolute Gasteiger partial charge is 0.466 e. The van der Waals surface area contributed by atoms with E-state index in [9.17, 15) is 35.1 Å². The highest BCUT2D eigenvalue weighted by atomic mass is 16.7. The van der Waals surface area contributed by atoms with Gasteiger partial charge in [-0.1, -0.05) is 132 Å². The Morgan fingerprint density at radius 3 is 1.69 bits per heavy atom. The fourth-order valence-corrected chi connectivity index (χ4v) is 7.16. The minimum Gasteiger partial charge on any atom is -0.466 e. The van der Waals surface area contributed by atoms with Crippen LogP contribution < -0.4 is 5.32 Å². The normalized spacial score (nSPS) is 20.7. The highest BCUT2D eigenvalue weighted by Crippen LogP contribution is 2.22. The molecule has 0 aliphatic carbocycles. The van der Waals surface area contributed by atoms with Crippen LogP contribution in [-0.4, -0.2) is 100 Å². The monoisotopic (exact) mass is 876 g/mol. The van der Waals surface area contributed by atoms with Gasteiger partial charge in [-0.05, 0) is 103 Å². The summed E-state index contributed by atoms with van der Waals surface area (Å²) in [5.41, 5.74) is 0. The van der Waals surface area contributed by atoms with Crippen LogP contribution in [0, 0.1) is 0 Å². The summed E-state index contributed by atoms with van der Waals surface area (Å²) < 4.78 is 16.6. The second-order valence-corrected chi connectivity index (χ2v) is 16.8. The third-order valence-corrected chi connectivity index (χ3v) is 11.1. The number of aliphatic hydroxyl groups excluding tert-OH is 5. The zero-order valence-electron chi connectivity index (χ0n) is 38.8. The predicted octanol–water partition coefficient (Wildman–Crippen LogP) is 9.55. The maximum absolute atomic E-state index is 12.9. The van der Waals surface area contributed by atoms with E-state index >= 15 is 0 Å². The molecule has 0 saturated carbocycles. The van der Waals surface area contributed by atoms with Crippen LogP contribution in [0.15, 0.2) is 60.8 Å². The van der Waals surface area contributed by atoms with Gasteiger partial charge in [-0.2, -0.15) is 0 Å². The number of ether oxygens (including phenoxy) is 3. The second-order valence-electron chi connectivity index (χ2n) is 16.8. The molecule has 6 N–H and O–H groups in total. The molecule has 1 saturated heterocycles. The molecule has 62 heavy (non-hydrogen) atoms. The molecule has 7 atom stereocenters. The van der Waals surface area contributed by atoms with Crippen molar-refractivity contribution in [1.82, 2.24) is 5.32 Å². The van der Waals surface area contributed by atoms with E-state index in [0.717, 1.165) is 83.5 Å². The summed E-state index contributed by atoms with van der Waals surface area (Å²) in [7, 11) is 0. The first-order chi connectivity index (χ1) is 30.2. The van der Waals surface area contributed by atoms with Crippen molar-refractivity contribution in [3.8, 4) is 0 Å².